The average Bonchev–Trinajstić information content (AvgIpc) is 3.28. The Morgan fingerprint density at radius 3 is 2.38 bits per heavy atom. The van der Waals surface area contributed by atoms with Gasteiger partial charge in [-0.3, -0.25) is 19.2 Å². The lowest BCUT2D eigenvalue weighted by atomic mass is 9.69. The van der Waals surface area contributed by atoms with E-state index in [4.69, 9.17) is 25.8 Å². The quantitative estimate of drug-likeness (QED) is 0.264. The second-order valence-corrected chi connectivity index (χ2v) is 11.4. The number of ketones is 2. The van der Waals surface area contributed by atoms with Crippen molar-refractivity contribution in [1.82, 2.24) is 10.6 Å². The number of carbonyl (C=O) groups excluding carboxylic acids is 4. The molecule has 3 N–H and O–H groups in total. The second-order valence-electron chi connectivity index (χ2n) is 10.1. The fourth-order valence-corrected chi connectivity index (χ4v) is 6.13. The Morgan fingerprint density at radius 2 is 1.79 bits per heavy atom. The van der Waals surface area contributed by atoms with Gasteiger partial charge in [0.2, 0.25) is 23.2 Å². The highest BCUT2D eigenvalue weighted by atomic mass is 35.5. The largest absolute Gasteiger partial charge is 0.507 e. The van der Waals surface area contributed by atoms with Crippen molar-refractivity contribution in [3.63, 3.8) is 0 Å². The topological polar surface area (TPSA) is 140 Å². The number of ether oxygens (including phenoxy) is 3. The number of amides is 2. The number of Topliss-reactive ketones (excluding diaryl/α,β-unsaturated/α-hetero) is 2. The summed E-state index contributed by atoms with van der Waals surface area (Å²) in [6.45, 7) is 3.42. The van der Waals surface area contributed by atoms with E-state index in [0.29, 0.717) is 5.56 Å². The van der Waals surface area contributed by atoms with Gasteiger partial charge in [-0.05, 0) is 24.0 Å². The van der Waals surface area contributed by atoms with Crippen molar-refractivity contribution >= 4 is 46.7 Å². The van der Waals surface area contributed by atoms with Crippen LogP contribution in [0.3, 0.4) is 0 Å². The summed E-state index contributed by atoms with van der Waals surface area (Å²) < 4.78 is 17.0. The minimum Gasteiger partial charge on any atom is -0.507 e. The number of hydrogen-bond acceptors (Lipinski definition) is 9. The van der Waals surface area contributed by atoms with Gasteiger partial charge in [0.1, 0.15) is 22.1 Å². The Bertz CT molecular complexity index is 1460. The van der Waals surface area contributed by atoms with Gasteiger partial charge >= 0.3 is 0 Å². The van der Waals surface area contributed by atoms with E-state index < -0.39 is 40.7 Å². The van der Waals surface area contributed by atoms with E-state index in [2.05, 4.69) is 10.6 Å². The SMILES string of the molecule is COc1cc(OC)c2c(c1Cl)O[C@]1(C2=O)C(O)=C(C(CC(=O)NCCNC(C)=O)c2ccc(SC)cc2)C(=O)C[C@H]1C. The molecule has 0 saturated carbocycles. The van der Waals surface area contributed by atoms with Crippen LogP contribution in [-0.2, 0) is 14.4 Å². The molecule has 1 heterocycles. The van der Waals surface area contributed by atoms with Gasteiger partial charge in [-0.2, -0.15) is 0 Å². The molecule has 0 bridgehead atoms. The van der Waals surface area contributed by atoms with Crippen LogP contribution < -0.4 is 24.8 Å². The summed E-state index contributed by atoms with van der Waals surface area (Å²) in [6.07, 6.45) is 1.60. The molecule has 3 atom stereocenters. The van der Waals surface area contributed by atoms with Gasteiger partial charge in [-0.25, -0.2) is 0 Å². The Morgan fingerprint density at radius 1 is 1.14 bits per heavy atom. The summed E-state index contributed by atoms with van der Waals surface area (Å²) in [4.78, 5) is 53.0. The molecule has 1 spiro atoms. The van der Waals surface area contributed by atoms with Crippen LogP contribution in [-0.4, -0.2) is 67.7 Å². The van der Waals surface area contributed by atoms with Crippen molar-refractivity contribution in [3.8, 4) is 17.2 Å². The smallest absolute Gasteiger partial charge is 0.231 e. The average molecular weight is 617 g/mol. The predicted octanol–water partition coefficient (Wildman–Crippen LogP) is 4.24. The second kappa shape index (κ2) is 12.7. The van der Waals surface area contributed by atoms with Gasteiger partial charge in [0.25, 0.3) is 0 Å². The van der Waals surface area contributed by atoms with E-state index in [1.165, 1.54) is 39.0 Å². The molecule has 2 aromatic rings. The summed E-state index contributed by atoms with van der Waals surface area (Å²) >= 11 is 8.07. The highest BCUT2D eigenvalue weighted by Crippen LogP contribution is 2.55. The molecule has 1 unspecified atom stereocenters. The van der Waals surface area contributed by atoms with Gasteiger partial charge < -0.3 is 30.0 Å². The number of methoxy groups -OCH3 is 2. The van der Waals surface area contributed by atoms with Crippen LogP contribution in [0, 0.1) is 5.92 Å². The lowest BCUT2D eigenvalue weighted by Crippen LogP contribution is -2.53. The van der Waals surface area contributed by atoms with Crippen LogP contribution in [0.25, 0.3) is 0 Å². The molecule has 2 amide bonds. The Balaban J connectivity index is 1.82. The molecule has 0 radical (unpaired) electrons. The number of nitrogens with one attached hydrogen (secondary N) is 2. The van der Waals surface area contributed by atoms with E-state index in [-0.39, 0.29) is 65.2 Å². The Labute approximate surface area is 253 Å². The molecule has 12 heteroatoms. The first-order chi connectivity index (χ1) is 20.0. The zero-order valence-electron chi connectivity index (χ0n) is 24.0. The molecule has 10 nitrogen and oxygen atoms in total. The van der Waals surface area contributed by atoms with E-state index >= 15 is 0 Å². The van der Waals surface area contributed by atoms with E-state index in [9.17, 15) is 24.3 Å². The summed E-state index contributed by atoms with van der Waals surface area (Å²) in [5.74, 6) is -3.53. The van der Waals surface area contributed by atoms with Crippen molar-refractivity contribution < 1.29 is 38.5 Å². The maximum Gasteiger partial charge on any atom is 0.231 e. The zero-order chi connectivity index (χ0) is 30.8. The van der Waals surface area contributed by atoms with Crippen LogP contribution in [0.4, 0.5) is 0 Å². The molecular formula is C30H33ClN2O8S. The van der Waals surface area contributed by atoms with Crippen LogP contribution in [0.2, 0.25) is 5.02 Å². The fraction of sp³-hybridized carbons (Fsp3) is 0.400. The summed E-state index contributed by atoms with van der Waals surface area (Å²) in [5, 5.41) is 17.3. The molecule has 0 aromatic heterocycles. The lowest BCUT2D eigenvalue weighted by molar-refractivity contribution is -0.122. The monoisotopic (exact) mass is 616 g/mol. The molecular weight excluding hydrogens is 584 g/mol. The third kappa shape index (κ3) is 5.55. The number of carbonyl (C=O) groups is 4. The van der Waals surface area contributed by atoms with Crippen LogP contribution in [0.5, 0.6) is 17.2 Å². The number of fused-ring (bicyclic) bond motifs is 1. The first-order valence-corrected chi connectivity index (χ1v) is 14.9. The van der Waals surface area contributed by atoms with E-state index in [0.717, 1.165) is 4.90 Å². The van der Waals surface area contributed by atoms with Gasteiger partial charge in [-0.15, -0.1) is 11.8 Å². The van der Waals surface area contributed by atoms with Crippen LogP contribution in [0.15, 0.2) is 46.6 Å². The number of rotatable bonds is 10. The van der Waals surface area contributed by atoms with Crippen molar-refractivity contribution in [1.29, 1.82) is 0 Å². The van der Waals surface area contributed by atoms with Gasteiger partial charge in [-0.1, -0.05) is 30.7 Å². The van der Waals surface area contributed by atoms with Crippen LogP contribution in [0.1, 0.15) is 48.5 Å². The third-order valence-corrected chi connectivity index (χ3v) is 8.69. The Hall–Kier alpha value is -3.70. The van der Waals surface area contributed by atoms with Crippen molar-refractivity contribution in [2.24, 2.45) is 5.92 Å². The molecule has 0 fully saturated rings. The van der Waals surface area contributed by atoms with Gasteiger partial charge in [0.15, 0.2) is 17.3 Å². The summed E-state index contributed by atoms with van der Waals surface area (Å²) in [7, 11) is 2.79. The summed E-state index contributed by atoms with van der Waals surface area (Å²) in [6, 6.07) is 8.75. The highest BCUT2D eigenvalue weighted by Gasteiger charge is 2.61. The minimum absolute atomic E-state index is 0.0125. The predicted molar refractivity (Wildman–Crippen MR) is 158 cm³/mol. The van der Waals surface area contributed by atoms with Gasteiger partial charge in [0, 0.05) is 61.2 Å². The number of allylic oxidation sites excluding steroid dienone is 1. The normalized spacial score (nSPS) is 20.2. The maximum atomic E-state index is 14.1. The number of aliphatic hydroxyl groups is 1. The third-order valence-electron chi connectivity index (χ3n) is 7.59. The standard InChI is InChI=1S/C30H33ClN2O8S/c1-15-12-20(35)24(19(17-6-8-18(42-5)9-7-17)13-23(36)33-11-10-32-16(2)34)28(37)30(15)29(38)25-21(39-3)14-22(40-4)26(31)27(25)41-30/h6-9,14-15,19,37H,10-13H2,1-5H3,(H,32,34)(H,33,36)/t15-,19?,30+/m1/s1. The van der Waals surface area contributed by atoms with Crippen molar-refractivity contribution in [2.45, 2.75) is 43.1 Å². The van der Waals surface area contributed by atoms with E-state index in [1.54, 1.807) is 19.1 Å². The van der Waals surface area contributed by atoms with Crippen molar-refractivity contribution in [3.05, 3.63) is 57.8 Å². The number of aliphatic hydroxyl groups excluding tert-OH is 1. The first kappa shape index (κ1) is 31.2. The molecule has 2 aromatic carbocycles. The van der Waals surface area contributed by atoms with Crippen LogP contribution >= 0.6 is 23.4 Å². The molecule has 2 aliphatic rings. The van der Waals surface area contributed by atoms with Crippen molar-refractivity contribution in [2.75, 3.05) is 33.6 Å². The number of halogens is 1. The molecule has 0 saturated heterocycles. The highest BCUT2D eigenvalue weighted by molar-refractivity contribution is 7.98. The molecule has 1 aliphatic heterocycles. The molecule has 42 heavy (non-hydrogen) atoms. The number of benzene rings is 2. The summed E-state index contributed by atoms with van der Waals surface area (Å²) in [5.41, 5.74) is -1.41. The number of hydrogen-bond donors (Lipinski definition) is 3. The zero-order valence-corrected chi connectivity index (χ0v) is 25.5. The molecule has 4 rings (SSSR count). The molecule has 224 valence electrons. The molecule has 1 aliphatic carbocycles. The lowest BCUT2D eigenvalue weighted by Gasteiger charge is -2.38. The fourth-order valence-electron chi connectivity index (χ4n) is 5.46. The Kier molecular flexibility index (Phi) is 9.42. The van der Waals surface area contributed by atoms with E-state index in [1.807, 2.05) is 18.4 Å². The first-order valence-electron chi connectivity index (χ1n) is 13.3. The maximum absolute atomic E-state index is 14.1. The number of thioether (sulfide) groups is 1. The van der Waals surface area contributed by atoms with Gasteiger partial charge in [0.05, 0.1) is 14.2 Å². The minimum atomic E-state index is -1.96.